The Morgan fingerprint density at radius 2 is 1.80 bits per heavy atom. The molecule has 0 aliphatic rings. The second-order valence-corrected chi connectivity index (χ2v) is 6.72. The lowest BCUT2D eigenvalue weighted by molar-refractivity contribution is -0.117. The van der Waals surface area contributed by atoms with Gasteiger partial charge < -0.3 is 24.8 Å². The predicted molar refractivity (Wildman–Crippen MR) is 116 cm³/mol. The monoisotopic (exact) mass is 429 g/mol. The molecule has 2 aromatic carbocycles. The van der Waals surface area contributed by atoms with Crippen LogP contribution in [-0.4, -0.2) is 33.8 Å². The Labute approximate surface area is 181 Å². The number of anilines is 1. The summed E-state index contributed by atoms with van der Waals surface area (Å²) in [5, 5.41) is 15.6. The summed E-state index contributed by atoms with van der Waals surface area (Å²) in [6, 6.07) is 10.9. The summed E-state index contributed by atoms with van der Waals surface area (Å²) in [5.74, 6) is 1.29. The van der Waals surface area contributed by atoms with Gasteiger partial charge in [-0.15, -0.1) is 0 Å². The summed E-state index contributed by atoms with van der Waals surface area (Å²) in [5.41, 5.74) is 2.35. The zero-order valence-electron chi connectivity index (χ0n) is 17.3. The highest BCUT2D eigenvalue weighted by atomic mass is 35.5. The molecule has 158 valence electrons. The molecule has 0 spiro atoms. The Kier molecular flexibility index (Phi) is 8.39. The van der Waals surface area contributed by atoms with Crippen LogP contribution in [0.5, 0.6) is 17.2 Å². The van der Waals surface area contributed by atoms with Crippen molar-refractivity contribution in [2.45, 2.75) is 13.3 Å². The maximum atomic E-state index is 12.3. The van der Waals surface area contributed by atoms with E-state index in [9.17, 15) is 10.1 Å². The minimum atomic E-state index is -0.477. The molecule has 0 bridgehead atoms. The lowest BCUT2D eigenvalue weighted by Gasteiger charge is -2.11. The Morgan fingerprint density at radius 1 is 1.10 bits per heavy atom. The third-order valence-electron chi connectivity index (χ3n) is 4.37. The predicted octanol–water partition coefficient (Wildman–Crippen LogP) is 3.85. The smallest absolute Gasteiger partial charge is 0.263 e. The van der Waals surface area contributed by atoms with Gasteiger partial charge >= 0.3 is 0 Å². The highest BCUT2D eigenvalue weighted by Gasteiger charge is 2.11. The molecule has 30 heavy (non-hydrogen) atoms. The van der Waals surface area contributed by atoms with Gasteiger partial charge in [0.15, 0.2) is 11.5 Å². The van der Waals surface area contributed by atoms with Gasteiger partial charge in [-0.05, 0) is 42.7 Å². The normalized spacial score (nSPS) is 10.7. The Hall–Kier alpha value is -3.37. The van der Waals surface area contributed by atoms with E-state index in [1.54, 1.807) is 26.4 Å². The summed E-state index contributed by atoms with van der Waals surface area (Å²) in [6.45, 7) is 2.21. The van der Waals surface area contributed by atoms with E-state index < -0.39 is 5.91 Å². The minimum Gasteiger partial charge on any atom is -0.495 e. The van der Waals surface area contributed by atoms with Gasteiger partial charge in [0.05, 0.1) is 27.0 Å². The molecular weight excluding hydrogens is 406 g/mol. The summed E-state index contributed by atoms with van der Waals surface area (Å²) in [4.78, 5) is 12.3. The number of methoxy groups -OCH3 is 3. The van der Waals surface area contributed by atoms with Crippen LogP contribution < -0.4 is 24.8 Å². The average Bonchev–Trinajstić information content (AvgIpc) is 2.76. The van der Waals surface area contributed by atoms with Crippen LogP contribution in [0.15, 0.2) is 42.1 Å². The number of benzene rings is 2. The quantitative estimate of drug-likeness (QED) is 0.464. The van der Waals surface area contributed by atoms with Crippen LogP contribution in [0.1, 0.15) is 11.1 Å². The highest BCUT2D eigenvalue weighted by Crippen LogP contribution is 2.31. The molecule has 2 rings (SSSR count). The first kappa shape index (κ1) is 22.9. The molecule has 0 radical (unpaired) electrons. The maximum Gasteiger partial charge on any atom is 0.263 e. The molecule has 0 fully saturated rings. The first-order chi connectivity index (χ1) is 14.4. The number of amides is 1. The van der Waals surface area contributed by atoms with E-state index in [2.05, 4.69) is 10.6 Å². The molecule has 0 heterocycles. The summed E-state index contributed by atoms with van der Waals surface area (Å²) in [7, 11) is 4.65. The molecule has 0 unspecified atom stereocenters. The first-order valence-corrected chi connectivity index (χ1v) is 9.51. The van der Waals surface area contributed by atoms with Crippen molar-refractivity contribution in [2.75, 3.05) is 33.2 Å². The zero-order valence-corrected chi connectivity index (χ0v) is 18.1. The van der Waals surface area contributed by atoms with Crippen molar-refractivity contribution >= 4 is 23.2 Å². The van der Waals surface area contributed by atoms with Gasteiger partial charge in [-0.2, -0.15) is 5.26 Å². The largest absolute Gasteiger partial charge is 0.495 e. The van der Waals surface area contributed by atoms with Gasteiger partial charge in [0, 0.05) is 23.8 Å². The van der Waals surface area contributed by atoms with Gasteiger partial charge in [-0.1, -0.05) is 17.7 Å². The number of rotatable bonds is 9. The van der Waals surface area contributed by atoms with E-state index in [-0.39, 0.29) is 5.57 Å². The number of carbonyl (C=O) groups is 1. The lowest BCUT2D eigenvalue weighted by Crippen LogP contribution is -2.27. The van der Waals surface area contributed by atoms with Crippen LogP contribution in [0.3, 0.4) is 0 Å². The number of hydrogen-bond acceptors (Lipinski definition) is 6. The van der Waals surface area contributed by atoms with Gasteiger partial charge in [-0.3, -0.25) is 4.79 Å². The van der Waals surface area contributed by atoms with Crippen LogP contribution in [0.2, 0.25) is 5.02 Å². The second kappa shape index (κ2) is 11.0. The van der Waals surface area contributed by atoms with Gasteiger partial charge in [0.2, 0.25) is 0 Å². The molecule has 0 saturated heterocycles. The number of nitrogens with one attached hydrogen (secondary N) is 2. The van der Waals surface area contributed by atoms with Crippen LogP contribution >= 0.6 is 11.6 Å². The first-order valence-electron chi connectivity index (χ1n) is 9.13. The maximum absolute atomic E-state index is 12.3. The van der Waals surface area contributed by atoms with Crippen molar-refractivity contribution in [3.8, 4) is 23.3 Å². The molecule has 0 atom stereocenters. The minimum absolute atomic E-state index is 0.0584. The van der Waals surface area contributed by atoms with Crippen molar-refractivity contribution in [1.29, 1.82) is 5.26 Å². The van der Waals surface area contributed by atoms with E-state index in [1.807, 2.05) is 31.2 Å². The highest BCUT2D eigenvalue weighted by molar-refractivity contribution is 6.31. The van der Waals surface area contributed by atoms with Crippen molar-refractivity contribution in [3.05, 3.63) is 58.3 Å². The molecule has 8 heteroatoms. The van der Waals surface area contributed by atoms with Gasteiger partial charge in [-0.25, -0.2) is 0 Å². The van der Waals surface area contributed by atoms with Crippen molar-refractivity contribution in [1.82, 2.24) is 5.32 Å². The third-order valence-corrected chi connectivity index (χ3v) is 4.77. The van der Waals surface area contributed by atoms with Crippen molar-refractivity contribution in [2.24, 2.45) is 0 Å². The fourth-order valence-corrected chi connectivity index (χ4v) is 2.85. The molecule has 7 nitrogen and oxygen atoms in total. The van der Waals surface area contributed by atoms with E-state index in [4.69, 9.17) is 25.8 Å². The van der Waals surface area contributed by atoms with Gasteiger partial charge in [0.1, 0.15) is 17.4 Å². The molecule has 0 aliphatic heterocycles. The number of ether oxygens (including phenoxy) is 3. The van der Waals surface area contributed by atoms with E-state index in [0.717, 1.165) is 11.1 Å². The van der Waals surface area contributed by atoms with E-state index >= 15 is 0 Å². The fraction of sp³-hybridized carbons (Fsp3) is 0.273. The van der Waals surface area contributed by atoms with Crippen LogP contribution in [0, 0.1) is 18.3 Å². The standard InChI is InChI=1S/C22H24ClN3O4/c1-14-9-18(20(29-3)11-17(14)23)26-13-16(12-24)22(27)25-8-7-15-5-6-19(28-2)21(10-15)30-4/h5-6,9-11,13,26H,7-8H2,1-4H3,(H,25,27)/b16-13-. The molecule has 1 amide bonds. The Morgan fingerprint density at radius 3 is 2.43 bits per heavy atom. The summed E-state index contributed by atoms with van der Waals surface area (Å²) >= 11 is 6.09. The molecule has 2 N–H and O–H groups in total. The number of halogens is 1. The van der Waals surface area contributed by atoms with Crippen LogP contribution in [0.25, 0.3) is 0 Å². The molecule has 0 aromatic heterocycles. The number of carbonyl (C=O) groups excluding carboxylic acids is 1. The number of nitriles is 1. The van der Waals surface area contributed by atoms with Gasteiger partial charge in [0.25, 0.3) is 5.91 Å². The van der Waals surface area contributed by atoms with Crippen molar-refractivity contribution < 1.29 is 19.0 Å². The third kappa shape index (κ3) is 5.82. The Balaban J connectivity index is 2.00. The molecular formula is C22H24ClN3O4. The van der Waals surface area contributed by atoms with Crippen LogP contribution in [-0.2, 0) is 11.2 Å². The Bertz CT molecular complexity index is 983. The average molecular weight is 430 g/mol. The zero-order chi connectivity index (χ0) is 22.1. The van der Waals surface area contributed by atoms with Crippen LogP contribution in [0.4, 0.5) is 5.69 Å². The van der Waals surface area contributed by atoms with E-state index in [1.165, 1.54) is 13.3 Å². The lowest BCUT2D eigenvalue weighted by atomic mass is 10.1. The SMILES string of the molecule is COc1cc(Cl)c(C)cc1N/C=C(/C#N)C(=O)NCCc1ccc(OC)c(OC)c1. The number of aryl methyl sites for hydroxylation is 1. The second-order valence-electron chi connectivity index (χ2n) is 6.31. The summed E-state index contributed by atoms with van der Waals surface area (Å²) < 4.78 is 15.8. The van der Waals surface area contributed by atoms with E-state index in [0.29, 0.717) is 40.9 Å². The molecule has 0 aliphatic carbocycles. The molecule has 2 aromatic rings. The number of hydrogen-bond donors (Lipinski definition) is 2. The number of nitrogens with zero attached hydrogens (tertiary/aromatic N) is 1. The molecule has 0 saturated carbocycles. The van der Waals surface area contributed by atoms with Crippen molar-refractivity contribution in [3.63, 3.8) is 0 Å². The topological polar surface area (TPSA) is 92.6 Å². The fourth-order valence-electron chi connectivity index (χ4n) is 2.70. The summed E-state index contributed by atoms with van der Waals surface area (Å²) in [6.07, 6.45) is 1.92.